The van der Waals surface area contributed by atoms with Gasteiger partial charge >= 0.3 is 5.69 Å². The van der Waals surface area contributed by atoms with Crippen LogP contribution in [0.5, 0.6) is 23.0 Å². The van der Waals surface area contributed by atoms with Crippen molar-refractivity contribution in [2.24, 2.45) is 0 Å². The average Bonchev–Trinajstić information content (AvgIpc) is 3.21. The van der Waals surface area contributed by atoms with Gasteiger partial charge in [0.1, 0.15) is 0 Å². The highest BCUT2D eigenvalue weighted by Crippen LogP contribution is 2.43. The van der Waals surface area contributed by atoms with Gasteiger partial charge in [-0.2, -0.15) is 4.98 Å². The van der Waals surface area contributed by atoms with Gasteiger partial charge in [0, 0.05) is 5.56 Å². The number of benzene rings is 2. The lowest BCUT2D eigenvalue weighted by molar-refractivity contribution is 0.174. The molecule has 5 rings (SSSR count). The van der Waals surface area contributed by atoms with Gasteiger partial charge in [0.2, 0.25) is 13.6 Å². The predicted molar refractivity (Wildman–Crippen MR) is 80.0 cm³/mol. The van der Waals surface area contributed by atoms with Crippen molar-refractivity contribution in [2.75, 3.05) is 13.6 Å². The topological polar surface area (TPSA) is 82.7 Å². The van der Waals surface area contributed by atoms with E-state index in [-0.39, 0.29) is 13.6 Å². The maximum Gasteiger partial charge on any atom is 0.345 e. The molecule has 1 aromatic heterocycles. The smallest absolute Gasteiger partial charge is 0.345 e. The van der Waals surface area contributed by atoms with Crippen molar-refractivity contribution in [3.63, 3.8) is 0 Å². The van der Waals surface area contributed by atoms with Crippen LogP contribution in [0.3, 0.4) is 0 Å². The number of aromatic amines is 1. The zero-order valence-electron chi connectivity index (χ0n) is 11.8. The number of aromatic nitrogens is 2. The maximum atomic E-state index is 11.9. The molecule has 0 aliphatic carbocycles. The van der Waals surface area contributed by atoms with E-state index < -0.39 is 5.69 Å². The lowest BCUT2D eigenvalue weighted by Crippen LogP contribution is -2.11. The highest BCUT2D eigenvalue weighted by Gasteiger charge is 2.23. The quantitative estimate of drug-likeness (QED) is 0.740. The van der Waals surface area contributed by atoms with Crippen LogP contribution in [-0.2, 0) is 0 Å². The van der Waals surface area contributed by atoms with Gasteiger partial charge in [0.05, 0.1) is 16.6 Å². The number of H-pyrrole nitrogens is 1. The molecule has 0 atom stereocenters. The van der Waals surface area contributed by atoms with Gasteiger partial charge in [-0.15, -0.1) is 0 Å². The third kappa shape index (κ3) is 1.76. The van der Waals surface area contributed by atoms with Crippen molar-refractivity contribution < 1.29 is 18.9 Å². The summed E-state index contributed by atoms with van der Waals surface area (Å²) in [4.78, 5) is 18.8. The molecular weight excluding hydrogens is 300 g/mol. The minimum Gasteiger partial charge on any atom is -0.454 e. The summed E-state index contributed by atoms with van der Waals surface area (Å²) in [5, 5.41) is 0.707. The van der Waals surface area contributed by atoms with Crippen LogP contribution in [0.15, 0.2) is 35.1 Å². The molecule has 0 saturated heterocycles. The van der Waals surface area contributed by atoms with Crippen LogP contribution in [-0.4, -0.2) is 23.6 Å². The summed E-state index contributed by atoms with van der Waals surface area (Å²) in [5.41, 5.74) is 1.48. The van der Waals surface area contributed by atoms with Crippen molar-refractivity contribution in [3.05, 3.63) is 40.8 Å². The minimum atomic E-state index is -0.427. The molecule has 2 aromatic carbocycles. The molecule has 23 heavy (non-hydrogen) atoms. The molecule has 0 fully saturated rings. The Hall–Kier alpha value is -3.22. The number of nitrogens with one attached hydrogen (secondary N) is 1. The van der Waals surface area contributed by atoms with E-state index in [4.69, 9.17) is 18.9 Å². The third-order valence-electron chi connectivity index (χ3n) is 3.88. The Balaban J connectivity index is 1.84. The van der Waals surface area contributed by atoms with Crippen molar-refractivity contribution >= 4 is 10.9 Å². The van der Waals surface area contributed by atoms with E-state index >= 15 is 0 Å². The van der Waals surface area contributed by atoms with Gasteiger partial charge < -0.3 is 23.9 Å². The molecule has 0 saturated carbocycles. The van der Waals surface area contributed by atoms with Gasteiger partial charge in [-0.05, 0) is 30.3 Å². The molecule has 2 aliphatic heterocycles. The summed E-state index contributed by atoms with van der Waals surface area (Å²) >= 11 is 0. The number of hydrogen-bond donors (Lipinski definition) is 1. The largest absolute Gasteiger partial charge is 0.454 e. The standard InChI is InChI=1S/C16H10N2O5/c19-16-17-9-2-4-11-15(23-7-21-11)13(9)14(18-16)8-1-3-10-12(5-8)22-6-20-10/h1-5H,6-7H2,(H,17,18,19). The Morgan fingerprint density at radius 2 is 1.70 bits per heavy atom. The zero-order valence-corrected chi connectivity index (χ0v) is 11.8. The van der Waals surface area contributed by atoms with E-state index in [1.807, 2.05) is 6.07 Å². The fraction of sp³-hybridized carbons (Fsp3) is 0.125. The first-order chi connectivity index (χ1) is 11.3. The molecule has 3 heterocycles. The van der Waals surface area contributed by atoms with Crippen LogP contribution in [0, 0.1) is 0 Å². The second kappa shape index (κ2) is 4.39. The summed E-state index contributed by atoms with van der Waals surface area (Å²) < 4.78 is 21.7. The van der Waals surface area contributed by atoms with E-state index in [2.05, 4.69) is 9.97 Å². The Labute approximate surface area is 129 Å². The first-order valence-electron chi connectivity index (χ1n) is 7.02. The lowest BCUT2D eigenvalue weighted by Gasteiger charge is -2.08. The van der Waals surface area contributed by atoms with Crippen molar-refractivity contribution in [1.29, 1.82) is 0 Å². The Morgan fingerprint density at radius 1 is 0.913 bits per heavy atom. The van der Waals surface area contributed by atoms with Crippen LogP contribution in [0.1, 0.15) is 0 Å². The highest BCUT2D eigenvalue weighted by molar-refractivity contribution is 5.99. The van der Waals surface area contributed by atoms with Crippen LogP contribution >= 0.6 is 0 Å². The molecular formula is C16H10N2O5. The van der Waals surface area contributed by atoms with E-state index in [0.717, 1.165) is 5.56 Å². The first-order valence-corrected chi connectivity index (χ1v) is 7.02. The van der Waals surface area contributed by atoms with Gasteiger partial charge in [-0.25, -0.2) is 4.79 Å². The second-order valence-electron chi connectivity index (χ2n) is 5.18. The molecule has 7 heteroatoms. The van der Waals surface area contributed by atoms with E-state index in [0.29, 0.717) is 39.6 Å². The molecule has 3 aromatic rings. The van der Waals surface area contributed by atoms with Crippen molar-refractivity contribution in [1.82, 2.24) is 9.97 Å². The van der Waals surface area contributed by atoms with Crippen LogP contribution in [0.4, 0.5) is 0 Å². The van der Waals surface area contributed by atoms with Crippen LogP contribution < -0.4 is 24.6 Å². The molecule has 114 valence electrons. The summed E-state index contributed by atoms with van der Waals surface area (Å²) in [7, 11) is 0. The summed E-state index contributed by atoms with van der Waals surface area (Å²) in [6.07, 6.45) is 0. The number of hydrogen-bond acceptors (Lipinski definition) is 6. The Morgan fingerprint density at radius 3 is 2.65 bits per heavy atom. The average molecular weight is 310 g/mol. The van der Waals surface area contributed by atoms with E-state index in [1.165, 1.54) is 0 Å². The Kier molecular flexibility index (Phi) is 2.35. The highest BCUT2D eigenvalue weighted by atomic mass is 16.7. The van der Waals surface area contributed by atoms with Gasteiger partial charge in [0.25, 0.3) is 0 Å². The third-order valence-corrected chi connectivity index (χ3v) is 3.88. The molecule has 1 N–H and O–H groups in total. The van der Waals surface area contributed by atoms with Gasteiger partial charge in [-0.1, -0.05) is 0 Å². The second-order valence-corrected chi connectivity index (χ2v) is 5.18. The summed E-state index contributed by atoms with van der Waals surface area (Å²) in [6.45, 7) is 0.336. The maximum absolute atomic E-state index is 11.9. The predicted octanol–water partition coefficient (Wildman–Crippen LogP) is 2.05. The van der Waals surface area contributed by atoms with E-state index in [1.54, 1.807) is 24.3 Å². The molecule has 0 unspecified atom stereocenters. The fourth-order valence-corrected chi connectivity index (χ4v) is 2.86. The minimum absolute atomic E-state index is 0.147. The molecule has 0 bridgehead atoms. The first kappa shape index (κ1) is 12.3. The monoisotopic (exact) mass is 310 g/mol. The Bertz CT molecular complexity index is 1010. The fourth-order valence-electron chi connectivity index (χ4n) is 2.86. The molecule has 0 spiro atoms. The summed E-state index contributed by atoms with van der Waals surface area (Å²) in [6, 6.07) is 8.99. The zero-order chi connectivity index (χ0) is 15.4. The van der Waals surface area contributed by atoms with E-state index in [9.17, 15) is 4.79 Å². The number of ether oxygens (including phenoxy) is 4. The molecule has 7 nitrogen and oxygen atoms in total. The molecule has 0 radical (unpaired) electrons. The number of rotatable bonds is 1. The molecule has 0 amide bonds. The number of fused-ring (bicyclic) bond motifs is 4. The molecule has 2 aliphatic rings. The number of nitrogens with zero attached hydrogens (tertiary/aromatic N) is 1. The van der Waals surface area contributed by atoms with Gasteiger partial charge in [-0.3, -0.25) is 0 Å². The normalized spacial score (nSPS) is 14.4. The van der Waals surface area contributed by atoms with Gasteiger partial charge in [0.15, 0.2) is 23.0 Å². The van der Waals surface area contributed by atoms with Crippen molar-refractivity contribution in [3.8, 4) is 34.3 Å². The van der Waals surface area contributed by atoms with Crippen LogP contribution in [0.25, 0.3) is 22.2 Å². The van der Waals surface area contributed by atoms with Crippen LogP contribution in [0.2, 0.25) is 0 Å². The SMILES string of the molecule is O=c1nc(-c2ccc3c(c2)OCO3)c2c3c(ccc2[nH]1)OCO3. The van der Waals surface area contributed by atoms with Crippen molar-refractivity contribution in [2.45, 2.75) is 0 Å². The summed E-state index contributed by atoms with van der Waals surface area (Å²) in [5.74, 6) is 2.52. The lowest BCUT2D eigenvalue weighted by atomic mass is 10.0.